The minimum atomic E-state index is -0.702. The lowest BCUT2D eigenvalue weighted by molar-refractivity contribution is 0.111. The Bertz CT molecular complexity index is 359. The molecule has 0 aromatic heterocycles. The highest BCUT2D eigenvalue weighted by Crippen LogP contribution is 2.38. The normalized spacial score (nSPS) is 10.1. The third-order valence-corrected chi connectivity index (χ3v) is 1.80. The van der Waals surface area contributed by atoms with E-state index in [1.54, 1.807) is 0 Å². The van der Waals surface area contributed by atoms with Crippen LogP contribution in [0.3, 0.4) is 0 Å². The summed E-state index contributed by atoms with van der Waals surface area (Å²) >= 11 is 0. The van der Waals surface area contributed by atoms with Gasteiger partial charge in [0, 0.05) is 7.11 Å². The summed E-state index contributed by atoms with van der Waals surface area (Å²) in [5.41, 5.74) is 0.234. The summed E-state index contributed by atoms with van der Waals surface area (Å²) in [5, 5.41) is 27.5. The molecule has 0 saturated carbocycles. The minimum absolute atomic E-state index is 0.0650. The Morgan fingerprint density at radius 3 is 2.50 bits per heavy atom. The van der Waals surface area contributed by atoms with Crippen molar-refractivity contribution < 1.29 is 24.9 Å². The quantitative estimate of drug-likeness (QED) is 0.493. The Morgan fingerprint density at radius 2 is 2.00 bits per heavy atom. The van der Waals surface area contributed by atoms with Crippen molar-refractivity contribution in [2.45, 2.75) is 6.61 Å². The number of methoxy groups -OCH3 is 1. The van der Waals surface area contributed by atoms with Crippen LogP contribution in [0.1, 0.15) is 15.9 Å². The van der Waals surface area contributed by atoms with Crippen molar-refractivity contribution in [3.05, 3.63) is 17.2 Å². The third-order valence-electron chi connectivity index (χ3n) is 1.80. The average molecular weight is 198 g/mol. The van der Waals surface area contributed by atoms with E-state index < -0.39 is 17.2 Å². The summed E-state index contributed by atoms with van der Waals surface area (Å²) in [7, 11) is 1.41. The molecule has 0 unspecified atom stereocenters. The summed E-state index contributed by atoms with van der Waals surface area (Å²) in [5.74, 6) is -1.82. The number of phenolic OH excluding ortho intramolecular Hbond substituents is 3. The van der Waals surface area contributed by atoms with Gasteiger partial charge in [-0.05, 0) is 11.6 Å². The van der Waals surface area contributed by atoms with Gasteiger partial charge in [0.05, 0.1) is 12.2 Å². The molecule has 0 aliphatic rings. The lowest BCUT2D eigenvalue weighted by atomic mass is 10.1. The molecule has 0 radical (unpaired) electrons. The van der Waals surface area contributed by atoms with Gasteiger partial charge >= 0.3 is 0 Å². The molecule has 5 heteroatoms. The Kier molecular flexibility index (Phi) is 2.93. The van der Waals surface area contributed by atoms with Crippen molar-refractivity contribution >= 4 is 6.29 Å². The fourth-order valence-corrected chi connectivity index (χ4v) is 1.12. The summed E-state index contributed by atoms with van der Waals surface area (Å²) in [6.45, 7) is 0.0650. The van der Waals surface area contributed by atoms with Crippen molar-refractivity contribution in [2.75, 3.05) is 7.11 Å². The first kappa shape index (κ1) is 10.3. The fourth-order valence-electron chi connectivity index (χ4n) is 1.12. The second kappa shape index (κ2) is 3.97. The van der Waals surface area contributed by atoms with Gasteiger partial charge in [-0.1, -0.05) is 0 Å². The smallest absolute Gasteiger partial charge is 0.201 e. The molecule has 1 aromatic rings. The van der Waals surface area contributed by atoms with E-state index in [2.05, 4.69) is 0 Å². The Hall–Kier alpha value is -1.75. The molecular formula is C9H10O5. The van der Waals surface area contributed by atoms with Crippen LogP contribution in [0, 0.1) is 0 Å². The maximum Gasteiger partial charge on any atom is 0.201 e. The van der Waals surface area contributed by atoms with E-state index in [0.717, 1.165) is 0 Å². The number of hydrogen-bond donors (Lipinski definition) is 3. The van der Waals surface area contributed by atoms with Crippen molar-refractivity contribution in [3.8, 4) is 17.2 Å². The first-order chi connectivity index (χ1) is 6.61. The van der Waals surface area contributed by atoms with Gasteiger partial charge in [0.2, 0.25) is 5.75 Å². The minimum Gasteiger partial charge on any atom is -0.504 e. The molecule has 0 amide bonds. The predicted molar refractivity (Wildman–Crippen MR) is 47.5 cm³/mol. The summed E-state index contributed by atoms with van der Waals surface area (Å²) in [6.07, 6.45) is 0.392. The molecule has 3 N–H and O–H groups in total. The molecule has 0 spiro atoms. The summed E-state index contributed by atoms with van der Waals surface area (Å²) in [6, 6.07) is 1.17. The molecule has 1 rings (SSSR count). The topological polar surface area (TPSA) is 87.0 Å². The van der Waals surface area contributed by atoms with Gasteiger partial charge in [0.25, 0.3) is 0 Å². The molecule has 0 atom stereocenters. The van der Waals surface area contributed by atoms with Crippen LogP contribution in [0.15, 0.2) is 6.07 Å². The zero-order valence-corrected chi connectivity index (χ0v) is 7.52. The third kappa shape index (κ3) is 1.62. The summed E-state index contributed by atoms with van der Waals surface area (Å²) in [4.78, 5) is 10.6. The molecule has 0 fully saturated rings. The van der Waals surface area contributed by atoms with Crippen LogP contribution in [0.2, 0.25) is 0 Å². The van der Waals surface area contributed by atoms with Crippen LogP contribution in [0.25, 0.3) is 0 Å². The maximum absolute atomic E-state index is 10.6. The Labute approximate surface area is 80.2 Å². The maximum atomic E-state index is 10.6. The van der Waals surface area contributed by atoms with Crippen molar-refractivity contribution in [2.24, 2.45) is 0 Å². The van der Waals surface area contributed by atoms with E-state index in [-0.39, 0.29) is 12.2 Å². The lowest BCUT2D eigenvalue weighted by Crippen LogP contribution is -1.95. The standard InChI is InChI=1S/C9H10O5/c1-14-4-5-2-7(11)9(13)8(12)6(5)3-10/h2-3,11-13H,4H2,1H3. The van der Waals surface area contributed by atoms with Crippen LogP contribution < -0.4 is 0 Å². The van der Waals surface area contributed by atoms with Crippen LogP contribution in [0.5, 0.6) is 17.2 Å². The van der Waals surface area contributed by atoms with E-state index in [1.165, 1.54) is 13.2 Å². The number of aromatic hydroxyl groups is 3. The highest BCUT2D eigenvalue weighted by molar-refractivity contribution is 5.84. The zero-order valence-electron chi connectivity index (χ0n) is 7.52. The Morgan fingerprint density at radius 1 is 1.36 bits per heavy atom. The van der Waals surface area contributed by atoms with Crippen LogP contribution in [-0.4, -0.2) is 28.7 Å². The van der Waals surface area contributed by atoms with Crippen molar-refractivity contribution in [1.82, 2.24) is 0 Å². The second-order valence-electron chi connectivity index (χ2n) is 2.72. The Balaban J connectivity index is 3.35. The van der Waals surface area contributed by atoms with Gasteiger partial charge in [0.1, 0.15) is 0 Å². The highest BCUT2D eigenvalue weighted by Gasteiger charge is 2.15. The summed E-state index contributed by atoms with van der Waals surface area (Å²) < 4.78 is 4.76. The number of benzene rings is 1. The SMILES string of the molecule is COCc1cc(O)c(O)c(O)c1C=O. The number of hydrogen-bond acceptors (Lipinski definition) is 5. The number of ether oxygens (including phenoxy) is 1. The van der Waals surface area contributed by atoms with Gasteiger partial charge < -0.3 is 20.1 Å². The predicted octanol–water partition coefficient (Wildman–Crippen LogP) is 0.762. The van der Waals surface area contributed by atoms with Gasteiger partial charge in [-0.2, -0.15) is 0 Å². The highest BCUT2D eigenvalue weighted by atomic mass is 16.5. The molecule has 0 heterocycles. The molecule has 0 bridgehead atoms. The van der Waals surface area contributed by atoms with E-state index in [9.17, 15) is 9.90 Å². The average Bonchev–Trinajstić information content (AvgIpc) is 2.16. The lowest BCUT2D eigenvalue weighted by Gasteiger charge is -2.08. The zero-order chi connectivity index (χ0) is 10.7. The number of phenols is 3. The van der Waals surface area contributed by atoms with Gasteiger partial charge in [-0.25, -0.2) is 0 Å². The molecule has 1 aromatic carbocycles. The number of carbonyl (C=O) groups is 1. The largest absolute Gasteiger partial charge is 0.504 e. The van der Waals surface area contributed by atoms with E-state index in [4.69, 9.17) is 14.9 Å². The fraction of sp³-hybridized carbons (Fsp3) is 0.222. The number of aldehydes is 1. The molecule has 0 aliphatic heterocycles. The van der Waals surface area contributed by atoms with Gasteiger partial charge in [-0.15, -0.1) is 0 Å². The van der Waals surface area contributed by atoms with E-state index >= 15 is 0 Å². The van der Waals surface area contributed by atoms with Crippen molar-refractivity contribution in [1.29, 1.82) is 0 Å². The van der Waals surface area contributed by atoms with Crippen LogP contribution in [0.4, 0.5) is 0 Å². The number of carbonyl (C=O) groups excluding carboxylic acids is 1. The van der Waals surface area contributed by atoms with Crippen LogP contribution in [-0.2, 0) is 11.3 Å². The van der Waals surface area contributed by atoms with Gasteiger partial charge in [-0.3, -0.25) is 4.79 Å². The molecule has 5 nitrogen and oxygen atoms in total. The van der Waals surface area contributed by atoms with Crippen LogP contribution >= 0.6 is 0 Å². The molecule has 76 valence electrons. The number of rotatable bonds is 3. The van der Waals surface area contributed by atoms with E-state index in [0.29, 0.717) is 11.8 Å². The molecular weight excluding hydrogens is 188 g/mol. The first-order valence-corrected chi connectivity index (χ1v) is 3.82. The monoisotopic (exact) mass is 198 g/mol. The molecule has 0 saturated heterocycles. The van der Waals surface area contributed by atoms with Gasteiger partial charge in [0.15, 0.2) is 17.8 Å². The first-order valence-electron chi connectivity index (χ1n) is 3.82. The second-order valence-corrected chi connectivity index (χ2v) is 2.72. The molecule has 0 aliphatic carbocycles. The van der Waals surface area contributed by atoms with E-state index in [1.807, 2.05) is 0 Å². The molecule has 14 heavy (non-hydrogen) atoms. The van der Waals surface area contributed by atoms with Crippen molar-refractivity contribution in [3.63, 3.8) is 0 Å².